The predicted molar refractivity (Wildman–Crippen MR) is 122 cm³/mol. The number of nitrogens with zero attached hydrogens (tertiary/aromatic N) is 3. The van der Waals surface area contributed by atoms with Gasteiger partial charge in [-0.3, -0.25) is 9.59 Å². The van der Waals surface area contributed by atoms with Crippen molar-refractivity contribution in [1.29, 1.82) is 0 Å². The Labute approximate surface area is 205 Å². The number of rotatable bonds is 7. The van der Waals surface area contributed by atoms with E-state index in [1.54, 1.807) is 4.90 Å². The van der Waals surface area contributed by atoms with Gasteiger partial charge in [-0.15, -0.1) is 0 Å². The Hall–Kier alpha value is -3.70. The van der Waals surface area contributed by atoms with Crippen LogP contribution in [-0.4, -0.2) is 60.0 Å². The predicted octanol–water partition coefficient (Wildman–Crippen LogP) is 2.58. The highest BCUT2D eigenvalue weighted by molar-refractivity contribution is 6.00. The van der Waals surface area contributed by atoms with E-state index in [1.165, 1.54) is 25.8 Å². The number of benzene rings is 1. The summed E-state index contributed by atoms with van der Waals surface area (Å²) >= 11 is 0. The highest BCUT2D eigenvalue weighted by Crippen LogP contribution is 2.37. The first kappa shape index (κ1) is 25.4. The second-order valence-corrected chi connectivity index (χ2v) is 9.03. The van der Waals surface area contributed by atoms with Gasteiger partial charge >= 0.3 is 12.1 Å². The fourth-order valence-electron chi connectivity index (χ4n) is 4.28. The molecule has 1 aromatic heterocycles. The van der Waals surface area contributed by atoms with Crippen LogP contribution in [0.15, 0.2) is 36.9 Å². The van der Waals surface area contributed by atoms with E-state index in [0.717, 1.165) is 18.2 Å². The minimum atomic E-state index is -4.53. The molecule has 2 amide bonds. The first-order chi connectivity index (χ1) is 17.1. The molecule has 4 rings (SSSR count). The molecule has 12 heteroatoms. The third-order valence-electron chi connectivity index (χ3n) is 6.60. The Balaban J connectivity index is 1.33. The molecule has 0 bridgehead atoms. The number of piperidine rings is 1. The van der Waals surface area contributed by atoms with Crippen molar-refractivity contribution < 1.29 is 32.3 Å². The lowest BCUT2D eigenvalue weighted by Crippen LogP contribution is -2.50. The SMILES string of the molecule is COC(=O)c1ccc(C(F)(F)F)cc1N1CCC(CNC(=O)C2(NC(=O)c3cncnc3)CC2)CC1. The van der Waals surface area contributed by atoms with Crippen LogP contribution in [0.2, 0.25) is 0 Å². The Kier molecular flexibility index (Phi) is 7.14. The Morgan fingerprint density at radius 2 is 1.81 bits per heavy atom. The van der Waals surface area contributed by atoms with Crippen LogP contribution in [0.1, 0.15) is 52.0 Å². The molecule has 1 aliphatic carbocycles. The first-order valence-corrected chi connectivity index (χ1v) is 11.5. The van der Waals surface area contributed by atoms with E-state index in [1.807, 2.05) is 0 Å². The van der Waals surface area contributed by atoms with E-state index in [2.05, 4.69) is 20.6 Å². The minimum Gasteiger partial charge on any atom is -0.465 e. The number of nitrogens with one attached hydrogen (secondary N) is 2. The summed E-state index contributed by atoms with van der Waals surface area (Å²) < 4.78 is 44.5. The molecule has 2 N–H and O–H groups in total. The standard InChI is InChI=1S/C24H26F3N5O4/c1-36-21(34)18-3-2-17(24(25,26)27)10-19(18)32-8-4-15(5-9-32)11-30-22(35)23(6-7-23)31-20(33)16-12-28-14-29-13-16/h2-3,10,12-15H,4-9,11H2,1H3,(H,30,35)(H,31,33). The molecule has 2 aromatic rings. The average Bonchev–Trinajstić information content (AvgIpc) is 3.67. The number of ether oxygens (including phenoxy) is 1. The molecule has 36 heavy (non-hydrogen) atoms. The summed E-state index contributed by atoms with van der Waals surface area (Å²) in [7, 11) is 1.18. The number of alkyl halides is 3. The lowest BCUT2D eigenvalue weighted by Gasteiger charge is -2.35. The van der Waals surface area contributed by atoms with Crippen molar-refractivity contribution in [2.45, 2.75) is 37.4 Å². The largest absolute Gasteiger partial charge is 0.465 e. The summed E-state index contributed by atoms with van der Waals surface area (Å²) in [5, 5.41) is 5.67. The third kappa shape index (κ3) is 5.58. The quantitative estimate of drug-likeness (QED) is 0.556. The van der Waals surface area contributed by atoms with Crippen molar-refractivity contribution in [2.75, 3.05) is 31.6 Å². The van der Waals surface area contributed by atoms with Gasteiger partial charge in [0.25, 0.3) is 5.91 Å². The molecule has 1 saturated heterocycles. The highest BCUT2D eigenvalue weighted by Gasteiger charge is 2.51. The number of halogens is 3. The van der Waals surface area contributed by atoms with Crippen LogP contribution < -0.4 is 15.5 Å². The van der Waals surface area contributed by atoms with Crippen molar-refractivity contribution in [2.24, 2.45) is 5.92 Å². The molecule has 1 saturated carbocycles. The van der Waals surface area contributed by atoms with Crippen LogP contribution >= 0.6 is 0 Å². The zero-order chi connectivity index (χ0) is 25.9. The van der Waals surface area contributed by atoms with Gasteiger partial charge in [-0.05, 0) is 49.8 Å². The molecule has 1 aromatic carbocycles. The van der Waals surface area contributed by atoms with Gasteiger partial charge in [0.15, 0.2) is 0 Å². The number of hydrogen-bond donors (Lipinski definition) is 2. The number of carbonyl (C=O) groups is 3. The zero-order valence-electron chi connectivity index (χ0n) is 19.6. The summed E-state index contributed by atoms with van der Waals surface area (Å²) in [6, 6.07) is 2.99. The van der Waals surface area contributed by atoms with Gasteiger partial charge in [0.1, 0.15) is 11.9 Å². The monoisotopic (exact) mass is 505 g/mol. The van der Waals surface area contributed by atoms with E-state index in [9.17, 15) is 27.6 Å². The van der Waals surface area contributed by atoms with Crippen LogP contribution in [0.3, 0.4) is 0 Å². The normalized spacial score (nSPS) is 17.3. The molecule has 2 heterocycles. The van der Waals surface area contributed by atoms with E-state index >= 15 is 0 Å². The van der Waals surface area contributed by atoms with Gasteiger partial charge in [0.2, 0.25) is 5.91 Å². The van der Waals surface area contributed by atoms with Gasteiger partial charge in [0.05, 0.1) is 29.5 Å². The second-order valence-electron chi connectivity index (χ2n) is 9.03. The first-order valence-electron chi connectivity index (χ1n) is 11.5. The Bertz CT molecular complexity index is 1130. The Morgan fingerprint density at radius 1 is 1.14 bits per heavy atom. The third-order valence-corrected chi connectivity index (χ3v) is 6.60. The van der Waals surface area contributed by atoms with Crippen molar-refractivity contribution in [3.63, 3.8) is 0 Å². The maximum absolute atomic E-state index is 13.3. The molecule has 0 spiro atoms. The molecular formula is C24H26F3N5O4. The van der Waals surface area contributed by atoms with E-state index in [-0.39, 0.29) is 28.6 Å². The van der Waals surface area contributed by atoms with Crippen molar-refractivity contribution in [1.82, 2.24) is 20.6 Å². The summed E-state index contributed by atoms with van der Waals surface area (Å²) in [6.07, 6.45) is 1.81. The maximum atomic E-state index is 13.3. The molecule has 2 fully saturated rings. The average molecular weight is 505 g/mol. The summed E-state index contributed by atoms with van der Waals surface area (Å²) in [5.74, 6) is -1.28. The summed E-state index contributed by atoms with van der Waals surface area (Å²) in [4.78, 5) is 46.6. The molecule has 192 valence electrons. The molecule has 9 nitrogen and oxygen atoms in total. The number of anilines is 1. The van der Waals surface area contributed by atoms with E-state index in [0.29, 0.717) is 45.3 Å². The maximum Gasteiger partial charge on any atom is 0.416 e. The van der Waals surface area contributed by atoms with Crippen LogP contribution in [0.5, 0.6) is 0 Å². The lowest BCUT2D eigenvalue weighted by molar-refractivity contribution is -0.137. The van der Waals surface area contributed by atoms with Crippen molar-refractivity contribution >= 4 is 23.5 Å². The molecule has 0 unspecified atom stereocenters. The molecule has 2 aliphatic rings. The second kappa shape index (κ2) is 10.1. The summed E-state index contributed by atoms with van der Waals surface area (Å²) in [6.45, 7) is 1.22. The Morgan fingerprint density at radius 3 is 2.39 bits per heavy atom. The van der Waals surface area contributed by atoms with Crippen LogP contribution in [0, 0.1) is 5.92 Å². The molecule has 0 radical (unpaired) electrons. The summed E-state index contributed by atoms with van der Waals surface area (Å²) in [5.41, 5.74) is -1.25. The minimum absolute atomic E-state index is 0.0764. The van der Waals surface area contributed by atoms with Crippen LogP contribution in [0.4, 0.5) is 18.9 Å². The zero-order valence-corrected chi connectivity index (χ0v) is 19.6. The molecular weight excluding hydrogens is 479 g/mol. The number of carbonyl (C=O) groups excluding carboxylic acids is 3. The number of hydrogen-bond acceptors (Lipinski definition) is 7. The van der Waals surface area contributed by atoms with Crippen LogP contribution in [0.25, 0.3) is 0 Å². The van der Waals surface area contributed by atoms with Gasteiger partial charge in [0, 0.05) is 32.0 Å². The topological polar surface area (TPSA) is 114 Å². The van der Waals surface area contributed by atoms with Gasteiger partial charge in [-0.25, -0.2) is 14.8 Å². The number of aromatic nitrogens is 2. The van der Waals surface area contributed by atoms with Crippen molar-refractivity contribution in [3.8, 4) is 0 Å². The van der Waals surface area contributed by atoms with Gasteiger partial charge in [-0.1, -0.05) is 0 Å². The van der Waals surface area contributed by atoms with Gasteiger partial charge < -0.3 is 20.3 Å². The number of esters is 1. The van der Waals surface area contributed by atoms with Crippen molar-refractivity contribution in [3.05, 3.63) is 53.6 Å². The lowest BCUT2D eigenvalue weighted by atomic mass is 9.95. The van der Waals surface area contributed by atoms with Gasteiger partial charge in [-0.2, -0.15) is 13.2 Å². The fraction of sp³-hybridized carbons (Fsp3) is 0.458. The van der Waals surface area contributed by atoms with E-state index in [4.69, 9.17) is 4.74 Å². The highest BCUT2D eigenvalue weighted by atomic mass is 19.4. The van der Waals surface area contributed by atoms with Crippen LogP contribution in [-0.2, 0) is 15.7 Å². The number of amides is 2. The molecule has 1 aliphatic heterocycles. The number of methoxy groups -OCH3 is 1. The molecule has 0 atom stereocenters. The smallest absolute Gasteiger partial charge is 0.416 e. The van der Waals surface area contributed by atoms with E-state index < -0.39 is 29.2 Å². The fourth-order valence-corrected chi connectivity index (χ4v) is 4.28.